The molecule has 2 heterocycles. The molecular formula is C23H27FN4O2. The van der Waals surface area contributed by atoms with Crippen molar-refractivity contribution in [3.05, 3.63) is 53.8 Å². The van der Waals surface area contributed by atoms with Crippen LogP contribution in [0.1, 0.15) is 31.2 Å². The quantitative estimate of drug-likeness (QED) is 0.799. The standard InChI is InChI=1S/C23H27FN4O2/c1-16-6-11-20(24)21(14-16)27-12-2-4-18(15-27)26-23(30)25-17-7-9-19(10-8-17)28-13-3-5-22(28)29/h6-11,14,18H,2-5,12-13,15H2,1H3,(H2,25,26,30). The van der Waals surface area contributed by atoms with Gasteiger partial charge < -0.3 is 20.4 Å². The summed E-state index contributed by atoms with van der Waals surface area (Å²) in [4.78, 5) is 28.1. The Morgan fingerprint density at radius 3 is 2.63 bits per heavy atom. The van der Waals surface area contributed by atoms with E-state index in [-0.39, 0.29) is 23.8 Å². The number of anilines is 3. The lowest BCUT2D eigenvalue weighted by atomic mass is 10.0. The Morgan fingerprint density at radius 2 is 1.90 bits per heavy atom. The van der Waals surface area contributed by atoms with E-state index < -0.39 is 0 Å². The summed E-state index contributed by atoms with van der Waals surface area (Å²) in [6.45, 7) is 4.04. The Labute approximate surface area is 176 Å². The number of halogens is 1. The molecule has 2 aliphatic heterocycles. The molecule has 7 heteroatoms. The number of carbonyl (C=O) groups excluding carboxylic acids is 2. The molecule has 1 atom stereocenters. The van der Waals surface area contributed by atoms with Crippen LogP contribution in [-0.2, 0) is 4.79 Å². The summed E-state index contributed by atoms with van der Waals surface area (Å²) in [5, 5.41) is 5.85. The van der Waals surface area contributed by atoms with Crippen molar-refractivity contribution in [2.24, 2.45) is 0 Å². The second kappa shape index (κ2) is 8.73. The van der Waals surface area contributed by atoms with Crippen LogP contribution in [0.2, 0.25) is 0 Å². The summed E-state index contributed by atoms with van der Waals surface area (Å²) < 4.78 is 14.2. The zero-order valence-electron chi connectivity index (χ0n) is 17.2. The Bertz CT molecular complexity index is 931. The fourth-order valence-electron chi connectivity index (χ4n) is 4.18. The van der Waals surface area contributed by atoms with Crippen molar-refractivity contribution in [1.29, 1.82) is 0 Å². The van der Waals surface area contributed by atoms with Gasteiger partial charge in [-0.25, -0.2) is 9.18 Å². The van der Waals surface area contributed by atoms with Gasteiger partial charge in [-0.05, 0) is 68.1 Å². The van der Waals surface area contributed by atoms with E-state index in [1.54, 1.807) is 23.1 Å². The summed E-state index contributed by atoms with van der Waals surface area (Å²) in [5.41, 5.74) is 3.12. The van der Waals surface area contributed by atoms with Crippen LogP contribution in [0, 0.1) is 12.7 Å². The molecule has 2 aliphatic rings. The molecule has 158 valence electrons. The summed E-state index contributed by atoms with van der Waals surface area (Å²) in [6, 6.07) is 12.1. The molecule has 0 aromatic heterocycles. The average Bonchev–Trinajstić information content (AvgIpc) is 3.16. The van der Waals surface area contributed by atoms with Gasteiger partial charge in [-0.3, -0.25) is 4.79 Å². The number of urea groups is 1. The predicted molar refractivity (Wildman–Crippen MR) is 117 cm³/mol. The maximum Gasteiger partial charge on any atom is 0.319 e. The van der Waals surface area contributed by atoms with Crippen LogP contribution in [0.15, 0.2) is 42.5 Å². The topological polar surface area (TPSA) is 64.7 Å². The number of piperidine rings is 1. The average molecular weight is 410 g/mol. The molecule has 2 fully saturated rings. The first-order valence-electron chi connectivity index (χ1n) is 10.5. The third-order valence-corrected chi connectivity index (χ3v) is 5.71. The molecule has 2 saturated heterocycles. The first kappa shape index (κ1) is 20.2. The van der Waals surface area contributed by atoms with E-state index in [0.717, 1.165) is 43.6 Å². The van der Waals surface area contributed by atoms with Gasteiger partial charge in [0.05, 0.1) is 5.69 Å². The molecule has 2 N–H and O–H groups in total. The maximum absolute atomic E-state index is 14.2. The molecule has 4 rings (SSSR count). The van der Waals surface area contributed by atoms with Gasteiger partial charge in [0.2, 0.25) is 5.91 Å². The van der Waals surface area contributed by atoms with E-state index in [2.05, 4.69) is 10.6 Å². The first-order valence-corrected chi connectivity index (χ1v) is 10.5. The number of carbonyl (C=O) groups is 2. The second-order valence-corrected chi connectivity index (χ2v) is 8.03. The molecule has 30 heavy (non-hydrogen) atoms. The SMILES string of the molecule is Cc1ccc(F)c(N2CCCC(NC(=O)Nc3ccc(N4CCCC4=O)cc3)C2)c1. The number of nitrogens with zero attached hydrogens (tertiary/aromatic N) is 2. The minimum atomic E-state index is -0.281. The zero-order chi connectivity index (χ0) is 21.1. The summed E-state index contributed by atoms with van der Waals surface area (Å²) in [5.74, 6) is -0.0948. The van der Waals surface area contributed by atoms with Crippen molar-refractivity contribution in [3.63, 3.8) is 0 Å². The largest absolute Gasteiger partial charge is 0.367 e. The van der Waals surface area contributed by atoms with Crippen molar-refractivity contribution in [2.45, 2.75) is 38.6 Å². The molecule has 2 aromatic rings. The van der Waals surface area contributed by atoms with Crippen LogP contribution < -0.4 is 20.4 Å². The number of aryl methyl sites for hydroxylation is 1. The lowest BCUT2D eigenvalue weighted by molar-refractivity contribution is -0.117. The van der Waals surface area contributed by atoms with Crippen LogP contribution in [0.3, 0.4) is 0 Å². The van der Waals surface area contributed by atoms with Crippen LogP contribution in [0.5, 0.6) is 0 Å². The van der Waals surface area contributed by atoms with Crippen LogP contribution in [0.4, 0.5) is 26.2 Å². The number of amides is 3. The minimum absolute atomic E-state index is 0.0554. The summed E-state index contributed by atoms with van der Waals surface area (Å²) >= 11 is 0. The second-order valence-electron chi connectivity index (χ2n) is 8.03. The maximum atomic E-state index is 14.2. The Balaban J connectivity index is 1.33. The van der Waals surface area contributed by atoms with Crippen LogP contribution >= 0.6 is 0 Å². The lowest BCUT2D eigenvalue weighted by Crippen LogP contribution is -2.49. The molecule has 3 amide bonds. The van der Waals surface area contributed by atoms with Crippen LogP contribution in [-0.4, -0.2) is 37.6 Å². The van der Waals surface area contributed by atoms with E-state index in [0.29, 0.717) is 24.3 Å². The Morgan fingerprint density at radius 1 is 1.10 bits per heavy atom. The van der Waals surface area contributed by atoms with E-state index in [9.17, 15) is 14.0 Å². The molecule has 0 radical (unpaired) electrons. The monoisotopic (exact) mass is 410 g/mol. The number of nitrogens with one attached hydrogen (secondary N) is 2. The lowest BCUT2D eigenvalue weighted by Gasteiger charge is -2.35. The highest BCUT2D eigenvalue weighted by Crippen LogP contribution is 2.25. The number of benzene rings is 2. The zero-order valence-corrected chi connectivity index (χ0v) is 17.2. The Hall–Kier alpha value is -3.09. The number of hydrogen-bond acceptors (Lipinski definition) is 3. The predicted octanol–water partition coefficient (Wildman–Crippen LogP) is 4.05. The fourth-order valence-corrected chi connectivity index (χ4v) is 4.18. The van der Waals surface area contributed by atoms with Gasteiger partial charge >= 0.3 is 6.03 Å². The van der Waals surface area contributed by atoms with E-state index in [1.807, 2.05) is 30.0 Å². The summed E-state index contributed by atoms with van der Waals surface area (Å²) in [6.07, 6.45) is 3.21. The molecule has 6 nitrogen and oxygen atoms in total. The van der Waals surface area contributed by atoms with Gasteiger partial charge in [0, 0.05) is 43.5 Å². The Kier molecular flexibility index (Phi) is 5.88. The smallest absolute Gasteiger partial charge is 0.319 e. The minimum Gasteiger partial charge on any atom is -0.367 e. The highest BCUT2D eigenvalue weighted by atomic mass is 19.1. The van der Waals surface area contributed by atoms with E-state index in [1.165, 1.54) is 6.07 Å². The van der Waals surface area contributed by atoms with E-state index >= 15 is 0 Å². The highest BCUT2D eigenvalue weighted by Gasteiger charge is 2.24. The summed E-state index contributed by atoms with van der Waals surface area (Å²) in [7, 11) is 0. The third-order valence-electron chi connectivity index (χ3n) is 5.71. The van der Waals surface area contributed by atoms with Gasteiger partial charge in [0.15, 0.2) is 0 Å². The highest BCUT2D eigenvalue weighted by molar-refractivity contribution is 5.96. The van der Waals surface area contributed by atoms with Gasteiger partial charge in [-0.15, -0.1) is 0 Å². The van der Waals surface area contributed by atoms with Gasteiger partial charge in [0.1, 0.15) is 5.82 Å². The number of hydrogen-bond donors (Lipinski definition) is 2. The molecular weight excluding hydrogens is 383 g/mol. The third kappa shape index (κ3) is 4.56. The van der Waals surface area contributed by atoms with Crippen molar-refractivity contribution in [3.8, 4) is 0 Å². The normalized spacial score (nSPS) is 19.1. The molecule has 1 unspecified atom stereocenters. The molecule has 2 aromatic carbocycles. The molecule has 0 bridgehead atoms. The first-order chi connectivity index (χ1) is 14.5. The van der Waals surface area contributed by atoms with Crippen molar-refractivity contribution in [1.82, 2.24) is 5.32 Å². The van der Waals surface area contributed by atoms with Gasteiger partial charge in [0.25, 0.3) is 0 Å². The van der Waals surface area contributed by atoms with Crippen LogP contribution in [0.25, 0.3) is 0 Å². The van der Waals surface area contributed by atoms with Crippen molar-refractivity contribution in [2.75, 3.05) is 34.8 Å². The fraction of sp³-hybridized carbons (Fsp3) is 0.391. The van der Waals surface area contributed by atoms with Gasteiger partial charge in [-0.2, -0.15) is 0 Å². The van der Waals surface area contributed by atoms with Crippen molar-refractivity contribution < 1.29 is 14.0 Å². The van der Waals surface area contributed by atoms with E-state index in [4.69, 9.17) is 0 Å². The van der Waals surface area contributed by atoms with Crippen molar-refractivity contribution >= 4 is 29.0 Å². The molecule has 0 saturated carbocycles. The number of rotatable bonds is 4. The molecule has 0 spiro atoms. The van der Waals surface area contributed by atoms with Gasteiger partial charge in [-0.1, -0.05) is 6.07 Å². The molecule has 0 aliphatic carbocycles.